The van der Waals surface area contributed by atoms with Crippen LogP contribution in [0.5, 0.6) is 0 Å². The van der Waals surface area contributed by atoms with Gasteiger partial charge in [-0.25, -0.2) is 14.4 Å². The molecular weight excluding hydrogens is 307 g/mol. The van der Waals surface area contributed by atoms with Gasteiger partial charge in [0.05, 0.1) is 11.6 Å². The molecule has 2 atom stereocenters. The highest BCUT2D eigenvalue weighted by molar-refractivity contribution is 5.98. The Morgan fingerprint density at radius 2 is 2.00 bits per heavy atom. The number of alkyl halides is 1. The number of carbonyl (C=O) groups is 1. The number of hydrogen-bond donors (Lipinski definition) is 2. The minimum atomic E-state index is -1.03. The van der Waals surface area contributed by atoms with E-state index in [0.29, 0.717) is 17.0 Å². The zero-order valence-electron chi connectivity index (χ0n) is 12.7. The number of nitrogens with two attached hydrogens (primary N) is 1. The zero-order valence-corrected chi connectivity index (χ0v) is 12.7. The van der Waals surface area contributed by atoms with Crippen molar-refractivity contribution in [3.8, 4) is 11.3 Å². The van der Waals surface area contributed by atoms with Crippen molar-refractivity contribution in [2.45, 2.75) is 12.6 Å². The molecule has 4 rings (SSSR count). The predicted octanol–water partition coefficient (Wildman–Crippen LogP) is 3.18. The van der Waals surface area contributed by atoms with E-state index in [9.17, 15) is 9.18 Å². The molecule has 2 heterocycles. The molecule has 5 nitrogen and oxygen atoms in total. The fraction of sp³-hybridized carbons (Fsp3) is 0.167. The highest BCUT2D eigenvalue weighted by Gasteiger charge is 2.43. The van der Waals surface area contributed by atoms with E-state index in [0.717, 1.165) is 16.6 Å². The molecule has 0 spiro atoms. The summed E-state index contributed by atoms with van der Waals surface area (Å²) in [5, 5.41) is 4.18. The monoisotopic (exact) mass is 322 g/mol. The van der Waals surface area contributed by atoms with Gasteiger partial charge in [-0.3, -0.25) is 4.79 Å². The molecule has 0 radical (unpaired) electrons. The number of carbonyl (C=O) groups excluding carboxylic acids is 1. The second kappa shape index (κ2) is 5.56. The fourth-order valence-corrected chi connectivity index (χ4v) is 2.65. The molecule has 0 bridgehead atoms. The van der Waals surface area contributed by atoms with E-state index >= 15 is 0 Å². The number of nitrogen functional groups attached to an aromatic ring is 1. The van der Waals surface area contributed by atoms with Crippen LogP contribution in [0.25, 0.3) is 22.0 Å². The number of fused-ring (bicyclic) bond motifs is 1. The van der Waals surface area contributed by atoms with Crippen LogP contribution in [0.2, 0.25) is 0 Å². The van der Waals surface area contributed by atoms with Crippen LogP contribution < -0.4 is 11.1 Å². The van der Waals surface area contributed by atoms with Crippen molar-refractivity contribution in [1.82, 2.24) is 9.97 Å². The van der Waals surface area contributed by atoms with Crippen molar-refractivity contribution in [2.75, 3.05) is 11.1 Å². The highest BCUT2D eigenvalue weighted by Crippen LogP contribution is 2.35. The molecule has 1 aromatic carbocycles. The fourth-order valence-electron chi connectivity index (χ4n) is 2.65. The molecule has 120 valence electrons. The van der Waals surface area contributed by atoms with Crippen molar-refractivity contribution < 1.29 is 9.18 Å². The number of nitrogens with zero attached hydrogens (tertiary/aromatic N) is 2. The Balaban J connectivity index is 1.71. The normalized spacial score (nSPS) is 19.2. The summed E-state index contributed by atoms with van der Waals surface area (Å²) < 4.78 is 13.0. The zero-order chi connectivity index (χ0) is 16.7. The molecule has 24 heavy (non-hydrogen) atoms. The van der Waals surface area contributed by atoms with Crippen molar-refractivity contribution in [1.29, 1.82) is 0 Å². The van der Waals surface area contributed by atoms with Gasteiger partial charge < -0.3 is 11.1 Å². The second-order valence-electron chi connectivity index (χ2n) is 5.90. The molecule has 0 unspecified atom stereocenters. The Bertz CT molecular complexity index is 929. The Labute approximate surface area is 137 Å². The maximum Gasteiger partial charge on any atom is 0.231 e. The minimum absolute atomic E-state index is 0.286. The average Bonchev–Trinajstić information content (AvgIpc) is 3.32. The number of anilines is 2. The molecule has 1 saturated carbocycles. The third-order valence-corrected chi connectivity index (χ3v) is 4.12. The first kappa shape index (κ1) is 14.6. The molecule has 0 aliphatic heterocycles. The average molecular weight is 322 g/mol. The van der Waals surface area contributed by atoms with Gasteiger partial charge >= 0.3 is 0 Å². The summed E-state index contributed by atoms with van der Waals surface area (Å²) >= 11 is 0. The molecule has 0 saturated heterocycles. The first-order valence-corrected chi connectivity index (χ1v) is 7.68. The quantitative estimate of drug-likeness (QED) is 0.776. The molecular formula is C18H15FN4O. The number of nitrogens with one attached hydrogen (secondary N) is 1. The van der Waals surface area contributed by atoms with Crippen molar-refractivity contribution in [3.05, 3.63) is 48.7 Å². The van der Waals surface area contributed by atoms with Crippen molar-refractivity contribution in [2.24, 2.45) is 5.92 Å². The predicted molar refractivity (Wildman–Crippen MR) is 91.0 cm³/mol. The van der Waals surface area contributed by atoms with Crippen LogP contribution in [0, 0.1) is 5.92 Å². The largest absolute Gasteiger partial charge is 0.383 e. The summed E-state index contributed by atoms with van der Waals surface area (Å²) in [4.78, 5) is 20.4. The van der Waals surface area contributed by atoms with E-state index < -0.39 is 12.1 Å². The van der Waals surface area contributed by atoms with Crippen LogP contribution in [-0.4, -0.2) is 22.0 Å². The van der Waals surface area contributed by atoms with Crippen molar-refractivity contribution in [3.63, 3.8) is 0 Å². The van der Waals surface area contributed by atoms with Crippen LogP contribution in [0.1, 0.15) is 6.42 Å². The summed E-state index contributed by atoms with van der Waals surface area (Å²) in [6, 6.07) is 13.3. The summed E-state index contributed by atoms with van der Waals surface area (Å²) in [5.74, 6) is -0.122. The third kappa shape index (κ3) is 2.67. The minimum Gasteiger partial charge on any atom is -0.383 e. The smallest absolute Gasteiger partial charge is 0.231 e. The van der Waals surface area contributed by atoms with Crippen LogP contribution in [0.15, 0.2) is 48.7 Å². The second-order valence-corrected chi connectivity index (χ2v) is 5.90. The summed E-state index contributed by atoms with van der Waals surface area (Å²) in [6.45, 7) is 0. The van der Waals surface area contributed by atoms with Crippen molar-refractivity contribution >= 4 is 28.3 Å². The van der Waals surface area contributed by atoms with Gasteiger partial charge in [-0.15, -0.1) is 0 Å². The van der Waals surface area contributed by atoms with E-state index in [2.05, 4.69) is 15.3 Å². The molecule has 2 aromatic heterocycles. The number of hydrogen-bond acceptors (Lipinski definition) is 4. The summed E-state index contributed by atoms with van der Waals surface area (Å²) in [6.07, 6.45) is 0.825. The number of benzene rings is 1. The number of pyridine rings is 2. The van der Waals surface area contributed by atoms with Gasteiger partial charge in [-0.2, -0.15) is 0 Å². The highest BCUT2D eigenvalue weighted by atomic mass is 19.1. The summed E-state index contributed by atoms with van der Waals surface area (Å²) in [5.41, 5.74) is 7.73. The van der Waals surface area contributed by atoms with E-state index in [-0.39, 0.29) is 12.3 Å². The van der Waals surface area contributed by atoms with E-state index in [1.54, 1.807) is 12.3 Å². The van der Waals surface area contributed by atoms with Crippen LogP contribution in [0.3, 0.4) is 0 Å². The molecule has 1 fully saturated rings. The van der Waals surface area contributed by atoms with E-state index in [4.69, 9.17) is 5.73 Å². The SMILES string of the molecule is Nc1nc(-c2ccccc2)cc2cc(NC(=O)[C@@H]3C[C@H]3F)ncc12. The van der Waals surface area contributed by atoms with Crippen LogP contribution in [0.4, 0.5) is 16.0 Å². The molecule has 1 aliphatic rings. The number of amides is 1. The number of halogens is 1. The Kier molecular flexibility index (Phi) is 3.37. The number of rotatable bonds is 3. The Hall–Kier alpha value is -3.02. The first-order chi connectivity index (χ1) is 11.6. The van der Waals surface area contributed by atoms with E-state index in [1.165, 1.54) is 0 Å². The van der Waals surface area contributed by atoms with E-state index in [1.807, 2.05) is 36.4 Å². The van der Waals surface area contributed by atoms with Gasteiger partial charge in [0.15, 0.2) is 0 Å². The molecule has 1 amide bonds. The standard InChI is InChI=1S/C18H15FN4O/c19-14-8-12(14)18(24)23-16-7-11-6-15(10-4-2-1-3-5-10)22-17(20)13(11)9-21-16/h1-7,9,12,14H,8H2,(H2,20,22)(H,21,23,24)/t12-,14-/m1/s1. The van der Waals surface area contributed by atoms with Gasteiger partial charge in [0, 0.05) is 17.1 Å². The number of aromatic nitrogens is 2. The third-order valence-electron chi connectivity index (χ3n) is 4.12. The van der Waals surface area contributed by atoms with Crippen LogP contribution in [-0.2, 0) is 4.79 Å². The van der Waals surface area contributed by atoms with Gasteiger partial charge in [0.2, 0.25) is 5.91 Å². The maximum atomic E-state index is 13.0. The van der Waals surface area contributed by atoms with Crippen LogP contribution >= 0.6 is 0 Å². The van der Waals surface area contributed by atoms with Gasteiger partial charge in [-0.1, -0.05) is 30.3 Å². The topological polar surface area (TPSA) is 80.9 Å². The first-order valence-electron chi connectivity index (χ1n) is 7.68. The molecule has 6 heteroatoms. The molecule has 1 aliphatic carbocycles. The van der Waals surface area contributed by atoms with Gasteiger partial charge in [0.25, 0.3) is 0 Å². The lowest BCUT2D eigenvalue weighted by Gasteiger charge is -2.08. The Morgan fingerprint density at radius 1 is 1.25 bits per heavy atom. The Morgan fingerprint density at radius 3 is 2.71 bits per heavy atom. The summed E-state index contributed by atoms with van der Waals surface area (Å²) in [7, 11) is 0. The van der Waals surface area contributed by atoms with Gasteiger partial charge in [-0.05, 0) is 23.9 Å². The lowest BCUT2D eigenvalue weighted by atomic mass is 10.1. The maximum absolute atomic E-state index is 13.0. The lowest BCUT2D eigenvalue weighted by Crippen LogP contribution is -2.15. The van der Waals surface area contributed by atoms with Gasteiger partial charge in [0.1, 0.15) is 17.8 Å². The lowest BCUT2D eigenvalue weighted by molar-refractivity contribution is -0.117. The molecule has 3 N–H and O–H groups in total. The molecule has 3 aromatic rings.